The minimum Gasteiger partial charge on any atom is -0.324 e. The number of carbonyl (C=O) groups excluding carboxylic acids is 1. The van der Waals surface area contributed by atoms with Gasteiger partial charge in [0.05, 0.1) is 21.0 Å². The van der Waals surface area contributed by atoms with E-state index in [1.165, 1.54) is 0 Å². The van der Waals surface area contributed by atoms with Crippen LogP contribution in [-0.4, -0.2) is 16.9 Å². The van der Waals surface area contributed by atoms with Gasteiger partial charge in [-0.3, -0.25) is 4.79 Å². The highest BCUT2D eigenvalue weighted by Gasteiger charge is 2.15. The number of hydrogen-bond donors (Lipinski definition) is 1. The Balaban J connectivity index is 2.56. The maximum Gasteiger partial charge on any atom is 0.237 e. The third-order valence-electron chi connectivity index (χ3n) is 2.44. The van der Waals surface area contributed by atoms with Crippen LogP contribution in [0.25, 0.3) is 0 Å². The number of unbranched alkanes of at least 4 members (excludes halogenated alkanes) is 1. The molecule has 0 heterocycles. The second-order valence-electron chi connectivity index (χ2n) is 3.96. The Kier molecular flexibility index (Phi) is 6.90. The van der Waals surface area contributed by atoms with E-state index in [4.69, 9.17) is 23.2 Å². The summed E-state index contributed by atoms with van der Waals surface area (Å²) in [6.07, 6.45) is 2.27. The van der Waals surface area contributed by atoms with Gasteiger partial charge in [0.1, 0.15) is 0 Å². The Morgan fingerprint density at radius 1 is 1.44 bits per heavy atom. The molecule has 1 aromatic rings. The minimum absolute atomic E-state index is 0.0414. The average molecular weight is 306 g/mol. The molecule has 1 N–H and O–H groups in total. The van der Waals surface area contributed by atoms with Gasteiger partial charge in [0.25, 0.3) is 0 Å². The van der Waals surface area contributed by atoms with E-state index in [1.54, 1.807) is 30.0 Å². The summed E-state index contributed by atoms with van der Waals surface area (Å²) in [4.78, 5) is 11.9. The fourth-order valence-corrected chi connectivity index (χ4v) is 2.68. The minimum atomic E-state index is -0.0911. The van der Waals surface area contributed by atoms with E-state index in [9.17, 15) is 4.79 Å². The highest BCUT2D eigenvalue weighted by Crippen LogP contribution is 2.30. The zero-order valence-corrected chi connectivity index (χ0v) is 12.8. The van der Waals surface area contributed by atoms with E-state index >= 15 is 0 Å². The second-order valence-corrected chi connectivity index (χ2v) is 6.19. The molecule has 0 fully saturated rings. The molecule has 0 saturated carbocycles. The molecular formula is C13H17Cl2NOS. The molecule has 5 heteroatoms. The van der Waals surface area contributed by atoms with Crippen LogP contribution in [0.4, 0.5) is 5.69 Å². The van der Waals surface area contributed by atoms with Crippen LogP contribution >= 0.6 is 35.0 Å². The van der Waals surface area contributed by atoms with Gasteiger partial charge in [0.15, 0.2) is 0 Å². The quantitative estimate of drug-likeness (QED) is 0.761. The van der Waals surface area contributed by atoms with Gasteiger partial charge in [-0.2, -0.15) is 0 Å². The van der Waals surface area contributed by atoms with E-state index in [-0.39, 0.29) is 11.2 Å². The molecule has 2 nitrogen and oxygen atoms in total. The summed E-state index contributed by atoms with van der Waals surface area (Å²) < 4.78 is 0. The zero-order chi connectivity index (χ0) is 13.5. The van der Waals surface area contributed by atoms with Crippen LogP contribution in [0.2, 0.25) is 10.0 Å². The zero-order valence-electron chi connectivity index (χ0n) is 10.5. The lowest BCUT2D eigenvalue weighted by Crippen LogP contribution is -2.23. The lowest BCUT2D eigenvalue weighted by atomic mass is 10.3. The molecule has 0 aliphatic heterocycles. The molecule has 1 unspecified atom stereocenters. The Morgan fingerprint density at radius 2 is 2.17 bits per heavy atom. The Hall–Kier alpha value is -0.380. The van der Waals surface area contributed by atoms with Crippen LogP contribution < -0.4 is 5.32 Å². The Morgan fingerprint density at radius 3 is 2.83 bits per heavy atom. The van der Waals surface area contributed by atoms with Crippen molar-refractivity contribution in [2.24, 2.45) is 0 Å². The summed E-state index contributed by atoms with van der Waals surface area (Å²) in [5, 5.41) is 3.54. The first-order valence-corrected chi connectivity index (χ1v) is 7.73. The van der Waals surface area contributed by atoms with Crippen LogP contribution in [0.15, 0.2) is 18.2 Å². The normalized spacial score (nSPS) is 12.2. The first-order chi connectivity index (χ1) is 8.56. The molecule has 1 atom stereocenters. The average Bonchev–Trinajstić information content (AvgIpc) is 2.35. The van der Waals surface area contributed by atoms with E-state index in [0.29, 0.717) is 15.7 Å². The Labute approximate surface area is 122 Å². The maximum absolute atomic E-state index is 11.9. The standard InChI is InChI=1S/C13H17Cl2NOS/c1-3-4-8-18-9(2)13(17)16-11-7-5-6-10(14)12(11)15/h5-7,9H,3-4,8H2,1-2H3,(H,16,17). The number of thioether (sulfide) groups is 1. The van der Waals surface area contributed by atoms with Gasteiger partial charge >= 0.3 is 0 Å². The van der Waals surface area contributed by atoms with Crippen molar-refractivity contribution >= 4 is 46.6 Å². The number of rotatable bonds is 6. The number of anilines is 1. The van der Waals surface area contributed by atoms with Crippen molar-refractivity contribution in [2.75, 3.05) is 11.1 Å². The molecule has 0 radical (unpaired) electrons. The van der Waals surface area contributed by atoms with Gasteiger partial charge in [-0.1, -0.05) is 42.6 Å². The molecule has 18 heavy (non-hydrogen) atoms. The fraction of sp³-hybridized carbons (Fsp3) is 0.462. The molecule has 1 amide bonds. The molecule has 1 aromatic carbocycles. The SMILES string of the molecule is CCCCSC(C)C(=O)Nc1cccc(Cl)c1Cl. The third kappa shape index (κ3) is 4.71. The van der Waals surface area contributed by atoms with E-state index in [1.807, 2.05) is 6.92 Å². The highest BCUT2D eigenvalue weighted by atomic mass is 35.5. The molecule has 0 bridgehead atoms. The Bertz CT molecular complexity index is 412. The predicted molar refractivity (Wildman–Crippen MR) is 81.9 cm³/mol. The van der Waals surface area contributed by atoms with Gasteiger partial charge in [0, 0.05) is 0 Å². The molecule has 0 spiro atoms. The van der Waals surface area contributed by atoms with Gasteiger partial charge in [-0.25, -0.2) is 0 Å². The third-order valence-corrected chi connectivity index (χ3v) is 4.50. The monoisotopic (exact) mass is 305 g/mol. The summed E-state index contributed by atoms with van der Waals surface area (Å²) in [6.45, 7) is 4.03. The largest absolute Gasteiger partial charge is 0.324 e. The number of halogens is 2. The molecule has 0 aliphatic rings. The maximum atomic E-state index is 11.9. The molecular weight excluding hydrogens is 289 g/mol. The fourth-order valence-electron chi connectivity index (χ4n) is 1.31. The van der Waals surface area contributed by atoms with Crippen molar-refractivity contribution < 1.29 is 4.79 Å². The first-order valence-electron chi connectivity index (χ1n) is 5.92. The topological polar surface area (TPSA) is 29.1 Å². The van der Waals surface area contributed by atoms with Crippen molar-refractivity contribution in [2.45, 2.75) is 31.9 Å². The molecule has 0 aromatic heterocycles. The van der Waals surface area contributed by atoms with Crippen molar-refractivity contribution in [1.29, 1.82) is 0 Å². The predicted octanol–water partition coefficient (Wildman–Crippen LogP) is 4.85. The summed E-state index contributed by atoms with van der Waals surface area (Å²) >= 11 is 13.6. The summed E-state index contributed by atoms with van der Waals surface area (Å²) in [7, 11) is 0. The molecule has 1 rings (SSSR count). The van der Waals surface area contributed by atoms with E-state index < -0.39 is 0 Å². The van der Waals surface area contributed by atoms with Gasteiger partial charge in [0.2, 0.25) is 5.91 Å². The second kappa shape index (κ2) is 7.93. The number of carbonyl (C=O) groups is 1. The van der Waals surface area contributed by atoms with Crippen LogP contribution in [0.3, 0.4) is 0 Å². The summed E-state index contributed by atoms with van der Waals surface area (Å²) in [6, 6.07) is 5.20. The van der Waals surface area contributed by atoms with Gasteiger partial charge < -0.3 is 5.32 Å². The van der Waals surface area contributed by atoms with Gasteiger partial charge in [-0.05, 0) is 31.2 Å². The number of nitrogens with one attached hydrogen (secondary N) is 1. The number of amides is 1. The van der Waals surface area contributed by atoms with Crippen LogP contribution in [0.1, 0.15) is 26.7 Å². The lowest BCUT2D eigenvalue weighted by Gasteiger charge is -2.13. The molecule has 0 aliphatic carbocycles. The number of benzene rings is 1. The van der Waals surface area contributed by atoms with Crippen molar-refractivity contribution in [1.82, 2.24) is 0 Å². The summed E-state index contributed by atoms with van der Waals surface area (Å²) in [5.74, 6) is 0.953. The van der Waals surface area contributed by atoms with Crippen molar-refractivity contribution in [3.05, 3.63) is 28.2 Å². The van der Waals surface area contributed by atoms with Gasteiger partial charge in [-0.15, -0.1) is 11.8 Å². The van der Waals surface area contributed by atoms with E-state index in [0.717, 1.165) is 18.6 Å². The smallest absolute Gasteiger partial charge is 0.237 e. The van der Waals surface area contributed by atoms with E-state index in [2.05, 4.69) is 12.2 Å². The van der Waals surface area contributed by atoms with Crippen LogP contribution in [0.5, 0.6) is 0 Å². The van der Waals surface area contributed by atoms with Crippen molar-refractivity contribution in [3.8, 4) is 0 Å². The van der Waals surface area contributed by atoms with Crippen LogP contribution in [0, 0.1) is 0 Å². The lowest BCUT2D eigenvalue weighted by molar-refractivity contribution is -0.115. The molecule has 0 saturated heterocycles. The van der Waals surface area contributed by atoms with Crippen molar-refractivity contribution in [3.63, 3.8) is 0 Å². The van der Waals surface area contributed by atoms with Crippen LogP contribution in [-0.2, 0) is 4.79 Å². The first kappa shape index (κ1) is 15.7. The highest BCUT2D eigenvalue weighted by molar-refractivity contribution is 8.00. The summed E-state index contributed by atoms with van der Waals surface area (Å²) in [5.41, 5.74) is 0.567. The molecule has 100 valence electrons. The number of hydrogen-bond acceptors (Lipinski definition) is 2.